The molecule has 4 unspecified atom stereocenters. The second-order valence-electron chi connectivity index (χ2n) is 7.99. The van der Waals surface area contributed by atoms with E-state index in [2.05, 4.69) is 31.0 Å². The fourth-order valence-corrected chi connectivity index (χ4v) is 4.69. The van der Waals surface area contributed by atoms with Crippen molar-refractivity contribution in [2.24, 2.45) is 17.3 Å². The maximum atomic E-state index is 5.18. The standard InChI is InChI=1S/C18H36N2O/c1-15-6-5-7-18(11-15,13-19-8-9-21-4)14-20-12-16(2)10-17(20)3/h15-17,19H,5-14H2,1-4H3. The van der Waals surface area contributed by atoms with Crippen LogP contribution in [0.4, 0.5) is 0 Å². The van der Waals surface area contributed by atoms with Crippen molar-refractivity contribution in [1.29, 1.82) is 0 Å². The van der Waals surface area contributed by atoms with Crippen LogP contribution < -0.4 is 5.32 Å². The predicted octanol–water partition coefficient (Wildman–Crippen LogP) is 3.15. The lowest BCUT2D eigenvalue weighted by Crippen LogP contribution is -2.48. The highest BCUT2D eigenvalue weighted by Crippen LogP contribution is 2.41. The zero-order valence-electron chi connectivity index (χ0n) is 14.7. The smallest absolute Gasteiger partial charge is 0.0587 e. The Balaban J connectivity index is 1.94. The van der Waals surface area contributed by atoms with Crippen LogP contribution in [0, 0.1) is 17.3 Å². The minimum atomic E-state index is 0.490. The van der Waals surface area contributed by atoms with Crippen molar-refractivity contribution in [3.8, 4) is 0 Å². The van der Waals surface area contributed by atoms with E-state index in [1.54, 1.807) is 7.11 Å². The first-order chi connectivity index (χ1) is 10.0. The zero-order chi connectivity index (χ0) is 15.3. The molecule has 0 aromatic heterocycles. The second-order valence-corrected chi connectivity index (χ2v) is 7.99. The third-order valence-corrected chi connectivity index (χ3v) is 5.62. The molecular formula is C18H36N2O. The van der Waals surface area contributed by atoms with E-state index >= 15 is 0 Å². The quantitative estimate of drug-likeness (QED) is 0.730. The third-order valence-electron chi connectivity index (χ3n) is 5.62. The van der Waals surface area contributed by atoms with Crippen LogP contribution >= 0.6 is 0 Å². The lowest BCUT2D eigenvalue weighted by Gasteiger charge is -2.44. The number of nitrogens with one attached hydrogen (secondary N) is 1. The van der Waals surface area contributed by atoms with E-state index in [1.807, 2.05) is 0 Å². The van der Waals surface area contributed by atoms with Crippen LogP contribution in [0.15, 0.2) is 0 Å². The average molecular weight is 296 g/mol. The molecule has 2 rings (SSSR count). The first kappa shape index (κ1) is 17.2. The average Bonchev–Trinajstić information content (AvgIpc) is 2.73. The van der Waals surface area contributed by atoms with Crippen LogP contribution in [0.25, 0.3) is 0 Å². The molecular weight excluding hydrogens is 260 g/mol. The van der Waals surface area contributed by atoms with Crippen LogP contribution in [0.2, 0.25) is 0 Å². The summed E-state index contributed by atoms with van der Waals surface area (Å²) in [5, 5.41) is 3.67. The van der Waals surface area contributed by atoms with Crippen molar-refractivity contribution in [3.63, 3.8) is 0 Å². The first-order valence-corrected chi connectivity index (χ1v) is 8.98. The monoisotopic (exact) mass is 296 g/mol. The molecule has 0 amide bonds. The zero-order valence-corrected chi connectivity index (χ0v) is 14.7. The molecule has 0 aromatic rings. The van der Waals surface area contributed by atoms with Gasteiger partial charge in [0, 0.05) is 39.3 Å². The summed E-state index contributed by atoms with van der Waals surface area (Å²) in [7, 11) is 1.79. The van der Waals surface area contributed by atoms with Gasteiger partial charge >= 0.3 is 0 Å². The molecule has 21 heavy (non-hydrogen) atoms. The molecule has 0 spiro atoms. The van der Waals surface area contributed by atoms with E-state index < -0.39 is 0 Å². The maximum absolute atomic E-state index is 5.18. The highest BCUT2D eigenvalue weighted by molar-refractivity contribution is 4.93. The summed E-state index contributed by atoms with van der Waals surface area (Å²) < 4.78 is 5.18. The molecule has 0 aromatic carbocycles. The van der Waals surface area contributed by atoms with Crippen molar-refractivity contribution in [1.82, 2.24) is 10.2 Å². The Labute approximate surface area is 131 Å². The van der Waals surface area contributed by atoms with Crippen LogP contribution in [-0.2, 0) is 4.74 Å². The van der Waals surface area contributed by atoms with Crippen molar-refractivity contribution in [2.75, 3.05) is 39.9 Å². The number of likely N-dealkylation sites (tertiary alicyclic amines) is 1. The van der Waals surface area contributed by atoms with Crippen LogP contribution in [0.3, 0.4) is 0 Å². The van der Waals surface area contributed by atoms with Gasteiger partial charge in [-0.3, -0.25) is 4.90 Å². The van der Waals surface area contributed by atoms with Crippen molar-refractivity contribution in [2.45, 2.75) is 58.9 Å². The van der Waals surface area contributed by atoms with Gasteiger partial charge in [0.05, 0.1) is 6.61 Å². The van der Waals surface area contributed by atoms with Gasteiger partial charge in [-0.15, -0.1) is 0 Å². The maximum Gasteiger partial charge on any atom is 0.0587 e. The molecule has 124 valence electrons. The highest BCUT2D eigenvalue weighted by Gasteiger charge is 2.39. The highest BCUT2D eigenvalue weighted by atomic mass is 16.5. The molecule has 1 aliphatic carbocycles. The van der Waals surface area contributed by atoms with E-state index in [-0.39, 0.29) is 0 Å². The summed E-state index contributed by atoms with van der Waals surface area (Å²) in [5.41, 5.74) is 0.490. The number of nitrogens with zero attached hydrogens (tertiary/aromatic N) is 1. The molecule has 4 atom stereocenters. The van der Waals surface area contributed by atoms with Crippen LogP contribution in [-0.4, -0.2) is 50.8 Å². The van der Waals surface area contributed by atoms with Crippen LogP contribution in [0.5, 0.6) is 0 Å². The van der Waals surface area contributed by atoms with Gasteiger partial charge in [0.1, 0.15) is 0 Å². The Hall–Kier alpha value is -0.120. The number of hydrogen-bond acceptors (Lipinski definition) is 3. The Kier molecular flexibility index (Phi) is 6.51. The van der Waals surface area contributed by atoms with Gasteiger partial charge in [0.2, 0.25) is 0 Å². The molecule has 1 N–H and O–H groups in total. The topological polar surface area (TPSA) is 24.5 Å². The minimum Gasteiger partial charge on any atom is -0.383 e. The Morgan fingerprint density at radius 1 is 1.24 bits per heavy atom. The van der Waals surface area contributed by atoms with Gasteiger partial charge in [-0.25, -0.2) is 0 Å². The Morgan fingerprint density at radius 3 is 2.67 bits per heavy atom. The van der Waals surface area contributed by atoms with Gasteiger partial charge in [-0.2, -0.15) is 0 Å². The lowest BCUT2D eigenvalue weighted by molar-refractivity contribution is 0.0738. The molecule has 1 saturated carbocycles. The Morgan fingerprint density at radius 2 is 2.05 bits per heavy atom. The fraction of sp³-hybridized carbons (Fsp3) is 1.00. The molecule has 3 heteroatoms. The Bertz CT molecular complexity index is 310. The largest absolute Gasteiger partial charge is 0.383 e. The summed E-state index contributed by atoms with van der Waals surface area (Å²) in [5.74, 6) is 1.76. The predicted molar refractivity (Wildman–Crippen MR) is 89.6 cm³/mol. The number of ether oxygens (including phenoxy) is 1. The van der Waals surface area contributed by atoms with Gasteiger partial charge in [-0.05, 0) is 43.4 Å². The SMILES string of the molecule is COCCNCC1(CN2CC(C)CC2C)CCCC(C)C1. The lowest BCUT2D eigenvalue weighted by atomic mass is 9.69. The number of hydrogen-bond donors (Lipinski definition) is 1. The van der Waals surface area contributed by atoms with Gasteiger partial charge in [0.25, 0.3) is 0 Å². The van der Waals surface area contributed by atoms with Gasteiger partial charge in [0.15, 0.2) is 0 Å². The van der Waals surface area contributed by atoms with E-state index in [9.17, 15) is 0 Å². The first-order valence-electron chi connectivity index (χ1n) is 8.98. The molecule has 0 radical (unpaired) electrons. The van der Waals surface area contributed by atoms with Crippen LogP contribution in [0.1, 0.15) is 52.9 Å². The summed E-state index contributed by atoms with van der Waals surface area (Å²) in [6.45, 7) is 12.8. The normalized spacial score (nSPS) is 38.0. The van der Waals surface area contributed by atoms with E-state index in [0.717, 1.165) is 37.6 Å². The number of rotatable bonds is 7. The van der Waals surface area contributed by atoms with Crippen molar-refractivity contribution >= 4 is 0 Å². The van der Waals surface area contributed by atoms with Gasteiger partial charge in [-0.1, -0.05) is 26.7 Å². The number of methoxy groups -OCH3 is 1. The van der Waals surface area contributed by atoms with E-state index in [1.165, 1.54) is 45.2 Å². The molecule has 2 aliphatic rings. The molecule has 1 saturated heterocycles. The third kappa shape index (κ3) is 4.94. The molecule has 2 fully saturated rings. The van der Waals surface area contributed by atoms with Gasteiger partial charge < -0.3 is 10.1 Å². The second kappa shape index (κ2) is 7.94. The minimum absolute atomic E-state index is 0.490. The molecule has 1 heterocycles. The van der Waals surface area contributed by atoms with E-state index in [4.69, 9.17) is 4.74 Å². The van der Waals surface area contributed by atoms with Crippen molar-refractivity contribution in [3.05, 3.63) is 0 Å². The molecule has 3 nitrogen and oxygen atoms in total. The molecule has 0 bridgehead atoms. The summed E-state index contributed by atoms with van der Waals surface area (Å²) in [6.07, 6.45) is 7.00. The fourth-order valence-electron chi connectivity index (χ4n) is 4.69. The summed E-state index contributed by atoms with van der Waals surface area (Å²) >= 11 is 0. The molecule has 1 aliphatic heterocycles. The van der Waals surface area contributed by atoms with E-state index in [0.29, 0.717) is 5.41 Å². The van der Waals surface area contributed by atoms with Crippen molar-refractivity contribution < 1.29 is 4.74 Å². The summed E-state index contributed by atoms with van der Waals surface area (Å²) in [6, 6.07) is 0.771. The summed E-state index contributed by atoms with van der Waals surface area (Å²) in [4.78, 5) is 2.76.